The summed E-state index contributed by atoms with van der Waals surface area (Å²) in [5, 5.41) is 0. The SMILES string of the molecule is COc1cc(C(=O)N2CC=C(c3ccccc3)CC2)ccc1OCCC(C)C. The molecule has 1 amide bonds. The predicted molar refractivity (Wildman–Crippen MR) is 113 cm³/mol. The molecule has 2 aromatic carbocycles. The van der Waals surface area contributed by atoms with Gasteiger partial charge < -0.3 is 14.4 Å². The maximum atomic E-state index is 12.9. The van der Waals surface area contributed by atoms with E-state index in [-0.39, 0.29) is 5.91 Å². The van der Waals surface area contributed by atoms with Crippen molar-refractivity contribution in [2.45, 2.75) is 26.7 Å². The van der Waals surface area contributed by atoms with E-state index in [9.17, 15) is 4.79 Å². The van der Waals surface area contributed by atoms with Crippen LogP contribution in [0.25, 0.3) is 5.57 Å². The summed E-state index contributed by atoms with van der Waals surface area (Å²) in [6, 6.07) is 15.8. The summed E-state index contributed by atoms with van der Waals surface area (Å²) in [5.41, 5.74) is 3.17. The molecule has 1 aliphatic heterocycles. The third kappa shape index (κ3) is 4.94. The van der Waals surface area contributed by atoms with E-state index in [2.05, 4.69) is 32.1 Å². The predicted octanol–water partition coefficient (Wildman–Crippen LogP) is 5.05. The van der Waals surface area contributed by atoms with Gasteiger partial charge in [-0.2, -0.15) is 0 Å². The molecule has 0 radical (unpaired) electrons. The minimum Gasteiger partial charge on any atom is -0.493 e. The number of nitrogens with zero attached hydrogens (tertiary/aromatic N) is 1. The Morgan fingerprint density at radius 3 is 2.54 bits per heavy atom. The largest absolute Gasteiger partial charge is 0.493 e. The van der Waals surface area contributed by atoms with Crippen LogP contribution in [-0.2, 0) is 0 Å². The number of amides is 1. The molecule has 4 nitrogen and oxygen atoms in total. The lowest BCUT2D eigenvalue weighted by Gasteiger charge is -2.27. The summed E-state index contributed by atoms with van der Waals surface area (Å²) in [4.78, 5) is 14.8. The molecule has 0 unspecified atom stereocenters. The topological polar surface area (TPSA) is 38.8 Å². The van der Waals surface area contributed by atoms with Crippen LogP contribution in [-0.4, -0.2) is 37.6 Å². The molecule has 0 atom stereocenters. The highest BCUT2D eigenvalue weighted by molar-refractivity contribution is 5.95. The average molecular weight is 380 g/mol. The number of hydrogen-bond donors (Lipinski definition) is 0. The summed E-state index contributed by atoms with van der Waals surface area (Å²) in [6.07, 6.45) is 3.99. The van der Waals surface area contributed by atoms with Gasteiger partial charge in [-0.15, -0.1) is 0 Å². The summed E-state index contributed by atoms with van der Waals surface area (Å²) in [6.45, 7) is 6.31. The zero-order chi connectivity index (χ0) is 19.9. The van der Waals surface area contributed by atoms with Gasteiger partial charge in [0, 0.05) is 18.7 Å². The van der Waals surface area contributed by atoms with Gasteiger partial charge in [-0.05, 0) is 48.1 Å². The summed E-state index contributed by atoms with van der Waals surface area (Å²) < 4.78 is 11.3. The van der Waals surface area contributed by atoms with Crippen molar-refractivity contribution in [3.8, 4) is 11.5 Å². The molecule has 0 saturated carbocycles. The van der Waals surface area contributed by atoms with Gasteiger partial charge in [-0.25, -0.2) is 0 Å². The summed E-state index contributed by atoms with van der Waals surface area (Å²) >= 11 is 0. The van der Waals surface area contributed by atoms with E-state index in [0.717, 1.165) is 12.8 Å². The molecule has 0 fully saturated rings. The molecule has 148 valence electrons. The van der Waals surface area contributed by atoms with Crippen LogP contribution in [0, 0.1) is 5.92 Å². The number of rotatable bonds is 7. The molecular weight excluding hydrogens is 350 g/mol. The maximum Gasteiger partial charge on any atom is 0.254 e. The summed E-state index contributed by atoms with van der Waals surface area (Å²) in [5.74, 6) is 1.90. The van der Waals surface area contributed by atoms with Gasteiger partial charge in [0.05, 0.1) is 13.7 Å². The number of carbonyl (C=O) groups is 1. The van der Waals surface area contributed by atoms with E-state index in [1.165, 1.54) is 11.1 Å². The zero-order valence-electron chi connectivity index (χ0n) is 17.0. The van der Waals surface area contributed by atoms with Crippen molar-refractivity contribution in [1.82, 2.24) is 4.90 Å². The van der Waals surface area contributed by atoms with E-state index < -0.39 is 0 Å². The van der Waals surface area contributed by atoms with Crippen molar-refractivity contribution in [2.24, 2.45) is 5.92 Å². The smallest absolute Gasteiger partial charge is 0.254 e. The van der Waals surface area contributed by atoms with E-state index in [1.54, 1.807) is 13.2 Å². The summed E-state index contributed by atoms with van der Waals surface area (Å²) in [7, 11) is 1.61. The van der Waals surface area contributed by atoms with Crippen LogP contribution >= 0.6 is 0 Å². The van der Waals surface area contributed by atoms with E-state index in [1.807, 2.05) is 35.2 Å². The number of methoxy groups -OCH3 is 1. The van der Waals surface area contributed by atoms with Crippen molar-refractivity contribution in [3.05, 3.63) is 65.7 Å². The van der Waals surface area contributed by atoms with Crippen LogP contribution in [0.3, 0.4) is 0 Å². The minimum absolute atomic E-state index is 0.0235. The first-order chi connectivity index (χ1) is 13.6. The Labute approximate surface area is 167 Å². The fraction of sp³-hybridized carbons (Fsp3) is 0.375. The molecule has 3 rings (SSSR count). The highest BCUT2D eigenvalue weighted by Gasteiger charge is 2.20. The second-order valence-electron chi connectivity index (χ2n) is 7.49. The molecule has 0 aromatic heterocycles. The standard InChI is InChI=1S/C24H29NO3/c1-18(2)13-16-28-22-10-9-21(17-23(22)27-3)24(26)25-14-11-20(12-15-25)19-7-5-4-6-8-19/h4-11,17-18H,12-16H2,1-3H3. The second kappa shape index (κ2) is 9.45. The molecular formula is C24H29NO3. The van der Waals surface area contributed by atoms with E-state index in [0.29, 0.717) is 42.7 Å². The monoisotopic (exact) mass is 379 g/mol. The number of carbonyl (C=O) groups excluding carboxylic acids is 1. The van der Waals surface area contributed by atoms with Crippen LogP contribution in [0.5, 0.6) is 11.5 Å². The van der Waals surface area contributed by atoms with Gasteiger partial charge >= 0.3 is 0 Å². The first kappa shape index (κ1) is 20.0. The first-order valence-electron chi connectivity index (χ1n) is 9.93. The van der Waals surface area contributed by atoms with Crippen molar-refractivity contribution >= 4 is 11.5 Å². The van der Waals surface area contributed by atoms with Gasteiger partial charge in [-0.1, -0.05) is 50.3 Å². The number of ether oxygens (including phenoxy) is 2. The molecule has 0 N–H and O–H groups in total. The molecule has 0 spiro atoms. The van der Waals surface area contributed by atoms with Gasteiger partial charge in [0.2, 0.25) is 0 Å². The van der Waals surface area contributed by atoms with E-state index in [4.69, 9.17) is 9.47 Å². The molecule has 0 aliphatic carbocycles. The fourth-order valence-corrected chi connectivity index (χ4v) is 3.28. The van der Waals surface area contributed by atoms with Crippen LogP contribution < -0.4 is 9.47 Å². The Hall–Kier alpha value is -2.75. The molecule has 1 heterocycles. The van der Waals surface area contributed by atoms with Crippen LogP contribution in [0.2, 0.25) is 0 Å². The molecule has 4 heteroatoms. The molecule has 0 bridgehead atoms. The third-order valence-corrected chi connectivity index (χ3v) is 5.00. The highest BCUT2D eigenvalue weighted by Crippen LogP contribution is 2.30. The van der Waals surface area contributed by atoms with Crippen molar-refractivity contribution in [2.75, 3.05) is 26.8 Å². The van der Waals surface area contributed by atoms with Crippen LogP contribution in [0.1, 0.15) is 42.6 Å². The van der Waals surface area contributed by atoms with Crippen molar-refractivity contribution in [3.63, 3.8) is 0 Å². The Balaban J connectivity index is 1.66. The Kier molecular flexibility index (Phi) is 6.75. The Bertz CT molecular complexity index is 827. The fourth-order valence-electron chi connectivity index (χ4n) is 3.28. The van der Waals surface area contributed by atoms with Crippen LogP contribution in [0.15, 0.2) is 54.6 Å². The highest BCUT2D eigenvalue weighted by atomic mass is 16.5. The lowest BCUT2D eigenvalue weighted by Crippen LogP contribution is -2.34. The lowest BCUT2D eigenvalue weighted by atomic mass is 9.99. The molecule has 1 aliphatic rings. The normalized spacial score (nSPS) is 14.0. The van der Waals surface area contributed by atoms with E-state index >= 15 is 0 Å². The maximum absolute atomic E-state index is 12.9. The van der Waals surface area contributed by atoms with Crippen molar-refractivity contribution in [1.29, 1.82) is 0 Å². The van der Waals surface area contributed by atoms with Gasteiger partial charge in [0.15, 0.2) is 11.5 Å². The first-order valence-corrected chi connectivity index (χ1v) is 9.93. The quantitative estimate of drug-likeness (QED) is 0.676. The van der Waals surface area contributed by atoms with Crippen LogP contribution in [0.4, 0.5) is 0 Å². The number of benzene rings is 2. The lowest BCUT2D eigenvalue weighted by molar-refractivity contribution is 0.0772. The second-order valence-corrected chi connectivity index (χ2v) is 7.49. The zero-order valence-corrected chi connectivity index (χ0v) is 17.0. The Morgan fingerprint density at radius 1 is 1.11 bits per heavy atom. The molecule has 28 heavy (non-hydrogen) atoms. The van der Waals surface area contributed by atoms with Crippen molar-refractivity contribution < 1.29 is 14.3 Å². The number of hydrogen-bond acceptors (Lipinski definition) is 3. The average Bonchev–Trinajstić information content (AvgIpc) is 2.74. The van der Waals surface area contributed by atoms with Gasteiger partial charge in [0.25, 0.3) is 5.91 Å². The minimum atomic E-state index is 0.0235. The van der Waals surface area contributed by atoms with Gasteiger partial charge in [0.1, 0.15) is 0 Å². The Morgan fingerprint density at radius 2 is 1.89 bits per heavy atom. The molecule has 0 saturated heterocycles. The molecule has 2 aromatic rings. The van der Waals surface area contributed by atoms with Gasteiger partial charge in [-0.3, -0.25) is 4.79 Å². The third-order valence-electron chi connectivity index (χ3n) is 5.00.